The van der Waals surface area contributed by atoms with Gasteiger partial charge in [-0.1, -0.05) is 60.7 Å². The fourth-order valence-electron chi connectivity index (χ4n) is 6.31. The number of nitrogens with zero attached hydrogens (tertiary/aromatic N) is 7. The Morgan fingerprint density at radius 1 is 0.678 bits per heavy atom. The highest BCUT2D eigenvalue weighted by molar-refractivity contribution is 7.12. The quantitative estimate of drug-likeness (QED) is 0.0498. The van der Waals surface area contributed by atoms with Crippen LogP contribution in [0, 0.1) is 20.2 Å². The Kier molecular flexibility index (Phi) is 15.6. The molecule has 14 nitrogen and oxygen atoms in total. The zero-order chi connectivity index (χ0) is 42.3. The van der Waals surface area contributed by atoms with Crippen molar-refractivity contribution in [3.05, 3.63) is 174 Å². The second-order valence-corrected chi connectivity index (χ2v) is 14.9. The molecule has 0 atom stereocenters. The smallest absolute Gasteiger partial charge is 0.314 e. The maximum Gasteiger partial charge on any atom is 0.314 e. The molecule has 0 bridgehead atoms. The fraction of sp³-hybridized carbons (Fsp3) is 0.227. The molecule has 0 amide bonds. The Morgan fingerprint density at radius 3 is 2.03 bits per heavy atom. The van der Waals surface area contributed by atoms with E-state index in [9.17, 15) is 29.8 Å². The molecule has 6 aromatic rings. The number of carbonyl (C=O) groups is 2. The van der Waals surface area contributed by atoms with Crippen LogP contribution in [0.5, 0.6) is 0 Å². The Balaban J connectivity index is 0.000000224. The lowest BCUT2D eigenvalue weighted by Gasteiger charge is -2.26. The molecule has 0 spiro atoms. The van der Waals surface area contributed by atoms with Crippen LogP contribution in [0.1, 0.15) is 49.6 Å². The van der Waals surface area contributed by atoms with Gasteiger partial charge in [0.15, 0.2) is 5.78 Å². The summed E-state index contributed by atoms with van der Waals surface area (Å²) in [4.78, 5) is 63.6. The molecule has 6 rings (SSSR count). The number of nitro groups is 2. The van der Waals surface area contributed by atoms with Crippen molar-refractivity contribution in [1.82, 2.24) is 19.8 Å². The van der Waals surface area contributed by atoms with Crippen molar-refractivity contribution in [3.8, 4) is 0 Å². The van der Waals surface area contributed by atoms with Gasteiger partial charge in [0.25, 0.3) is 0 Å². The molecule has 3 aromatic carbocycles. The summed E-state index contributed by atoms with van der Waals surface area (Å²) in [5.74, 6) is 0.105. The summed E-state index contributed by atoms with van der Waals surface area (Å²) in [6, 6.07) is 31.4. The average molecular weight is 815 g/mol. The molecule has 0 saturated heterocycles. The van der Waals surface area contributed by atoms with E-state index in [0.29, 0.717) is 51.5 Å². The van der Waals surface area contributed by atoms with E-state index in [1.807, 2.05) is 79.8 Å². The number of carbonyl (C=O) groups excluding carboxylic acids is 2. The van der Waals surface area contributed by atoms with Gasteiger partial charge in [-0.3, -0.25) is 29.8 Å². The minimum atomic E-state index is -0.442. The van der Waals surface area contributed by atoms with Crippen molar-refractivity contribution in [2.75, 3.05) is 58.0 Å². The number of benzene rings is 3. The number of rotatable bonds is 18. The number of hydrogen-bond donors (Lipinski definition) is 1. The van der Waals surface area contributed by atoms with Crippen LogP contribution in [0.15, 0.2) is 127 Å². The van der Waals surface area contributed by atoms with E-state index in [4.69, 9.17) is 0 Å². The van der Waals surface area contributed by atoms with Crippen LogP contribution < -0.4 is 10.2 Å². The number of thiophene rings is 1. The van der Waals surface area contributed by atoms with Crippen LogP contribution in [0.3, 0.4) is 0 Å². The number of aromatic nitrogens is 2. The molecule has 59 heavy (non-hydrogen) atoms. The van der Waals surface area contributed by atoms with Crippen LogP contribution >= 0.6 is 11.3 Å². The van der Waals surface area contributed by atoms with Gasteiger partial charge in [-0.05, 0) is 108 Å². The second kappa shape index (κ2) is 21.2. The van der Waals surface area contributed by atoms with E-state index in [-0.39, 0.29) is 34.6 Å². The van der Waals surface area contributed by atoms with Gasteiger partial charge in [0.05, 0.1) is 26.1 Å². The van der Waals surface area contributed by atoms with Crippen molar-refractivity contribution in [2.24, 2.45) is 0 Å². The molecule has 0 saturated carbocycles. The number of ketones is 2. The summed E-state index contributed by atoms with van der Waals surface area (Å²) in [7, 11) is 7.88. The third-order valence-corrected chi connectivity index (χ3v) is 9.96. The molecule has 3 aromatic heterocycles. The highest BCUT2D eigenvalue weighted by Gasteiger charge is 2.26. The predicted molar refractivity (Wildman–Crippen MR) is 233 cm³/mol. The number of nitrogens with one attached hydrogen (secondary N) is 1. The number of aryl methyl sites for hydroxylation is 1. The van der Waals surface area contributed by atoms with Crippen molar-refractivity contribution in [1.29, 1.82) is 0 Å². The monoisotopic (exact) mass is 814 g/mol. The number of hydrogen-bond acceptors (Lipinski definition) is 13. The van der Waals surface area contributed by atoms with Gasteiger partial charge < -0.3 is 20.0 Å². The first-order valence-electron chi connectivity index (χ1n) is 18.9. The molecule has 304 valence electrons. The van der Waals surface area contributed by atoms with E-state index in [1.165, 1.54) is 23.6 Å². The molecule has 0 radical (unpaired) electrons. The van der Waals surface area contributed by atoms with E-state index in [1.54, 1.807) is 77.8 Å². The van der Waals surface area contributed by atoms with Crippen molar-refractivity contribution in [2.45, 2.75) is 19.3 Å². The van der Waals surface area contributed by atoms with Crippen LogP contribution in [0.2, 0.25) is 0 Å². The Labute approximate surface area is 347 Å². The molecule has 0 aliphatic rings. The standard InChI is InChI=1S/C23H24N4O3.C21H22N4O3S/c1-25(2)16-9-17-26(23-21(27(29)30)14-8-15-24-23)20-13-7-6-12-19(20)22(28)18-10-4-3-5-11-18;1-24(2)13-5-7-15-11-12-22-21(19(15)25(27)28)23-17-9-4-3-8-16(17)20(26)18-10-6-14-29-18/h3-8,10-15H,9,16-17H2,1-2H3;3-4,6,8-12,14H,5,7,13H2,1-2H3,(H,22,23). The Hall–Kier alpha value is -6.68. The van der Waals surface area contributed by atoms with Crippen LogP contribution in [-0.4, -0.2) is 89.0 Å². The topological polar surface area (TPSA) is 168 Å². The minimum absolute atomic E-state index is 0.0513. The van der Waals surface area contributed by atoms with Crippen LogP contribution in [0.4, 0.5) is 34.4 Å². The molecule has 3 heterocycles. The zero-order valence-electron chi connectivity index (χ0n) is 33.4. The summed E-state index contributed by atoms with van der Waals surface area (Å²) in [6.07, 6.45) is 5.20. The number of pyridine rings is 2. The van der Waals surface area contributed by atoms with Crippen molar-refractivity contribution in [3.63, 3.8) is 0 Å². The average Bonchev–Trinajstić information content (AvgIpc) is 3.78. The first-order valence-corrected chi connectivity index (χ1v) is 19.8. The minimum Gasteiger partial charge on any atom is -0.334 e. The highest BCUT2D eigenvalue weighted by Crippen LogP contribution is 2.35. The lowest BCUT2D eigenvalue weighted by atomic mass is 10.0. The molecule has 15 heteroatoms. The SMILES string of the molecule is CN(C)CCCN(c1ccccc1C(=O)c1ccccc1)c1ncccc1[N+](=O)[O-].CN(C)CCCc1ccnc(Nc2ccccc2C(=O)c2cccs2)c1[N+](=O)[O-]. The molecule has 0 unspecified atom stereocenters. The maximum absolute atomic E-state index is 13.2. The summed E-state index contributed by atoms with van der Waals surface area (Å²) >= 11 is 1.36. The molecule has 1 N–H and O–H groups in total. The van der Waals surface area contributed by atoms with E-state index in [2.05, 4.69) is 15.3 Å². The first-order chi connectivity index (χ1) is 28.5. The van der Waals surface area contributed by atoms with Crippen molar-refractivity contribution < 1.29 is 19.4 Å². The third-order valence-electron chi connectivity index (χ3n) is 9.09. The van der Waals surface area contributed by atoms with Gasteiger partial charge in [0, 0.05) is 47.3 Å². The summed E-state index contributed by atoms with van der Waals surface area (Å²) in [5.41, 5.74) is 3.07. The second-order valence-electron chi connectivity index (χ2n) is 13.9. The van der Waals surface area contributed by atoms with E-state index in [0.717, 1.165) is 25.9 Å². The summed E-state index contributed by atoms with van der Waals surface area (Å²) in [6.45, 7) is 2.11. The molecule has 0 aliphatic heterocycles. The van der Waals surface area contributed by atoms with Gasteiger partial charge in [-0.2, -0.15) is 0 Å². The Bertz CT molecular complexity index is 2360. The zero-order valence-corrected chi connectivity index (χ0v) is 34.2. The number of anilines is 4. The predicted octanol–water partition coefficient (Wildman–Crippen LogP) is 8.83. The van der Waals surface area contributed by atoms with Gasteiger partial charge in [-0.15, -0.1) is 11.3 Å². The van der Waals surface area contributed by atoms with Crippen molar-refractivity contribution >= 4 is 57.3 Å². The fourth-order valence-corrected chi connectivity index (χ4v) is 6.98. The van der Waals surface area contributed by atoms with Gasteiger partial charge in [0.2, 0.25) is 17.4 Å². The Morgan fingerprint density at radius 2 is 1.36 bits per heavy atom. The van der Waals surface area contributed by atoms with Crippen LogP contribution in [-0.2, 0) is 6.42 Å². The van der Waals surface area contributed by atoms with Gasteiger partial charge in [0.1, 0.15) is 0 Å². The number of para-hydroxylation sites is 2. The van der Waals surface area contributed by atoms with Gasteiger partial charge >= 0.3 is 11.4 Å². The lowest BCUT2D eigenvalue weighted by molar-refractivity contribution is -0.384. The molecular weight excluding hydrogens is 769 g/mol. The molecule has 0 aliphatic carbocycles. The van der Waals surface area contributed by atoms with E-state index < -0.39 is 9.85 Å². The maximum atomic E-state index is 13.2. The van der Waals surface area contributed by atoms with Crippen LogP contribution in [0.25, 0.3) is 0 Å². The first kappa shape index (κ1) is 43.4. The normalized spacial score (nSPS) is 10.8. The lowest BCUT2D eigenvalue weighted by Crippen LogP contribution is -2.26. The van der Waals surface area contributed by atoms with Gasteiger partial charge in [-0.25, -0.2) is 9.97 Å². The van der Waals surface area contributed by atoms with E-state index >= 15 is 0 Å². The summed E-state index contributed by atoms with van der Waals surface area (Å²) < 4.78 is 0. The summed E-state index contributed by atoms with van der Waals surface area (Å²) in [5, 5.41) is 28.3. The highest BCUT2D eigenvalue weighted by atomic mass is 32.1. The third kappa shape index (κ3) is 11.7. The molecule has 0 fully saturated rings. The molecular formula is C44H46N8O6S. The largest absolute Gasteiger partial charge is 0.334 e.